The highest BCUT2D eigenvalue weighted by atomic mass is 32.2. The van der Waals surface area contributed by atoms with Crippen LogP contribution in [0.2, 0.25) is 0 Å². The number of thioether (sulfide) groups is 1. The number of rotatable bonds is 10. The van der Waals surface area contributed by atoms with E-state index in [-0.39, 0.29) is 16.7 Å². The lowest BCUT2D eigenvalue weighted by atomic mass is 10.1. The molecule has 1 heterocycles. The molecule has 1 amide bonds. The van der Waals surface area contributed by atoms with Gasteiger partial charge in [-0.05, 0) is 37.5 Å². The minimum atomic E-state index is -0.379. The molecule has 0 aliphatic rings. The number of benzene rings is 2. The maximum absolute atomic E-state index is 13.1. The van der Waals surface area contributed by atoms with Crippen molar-refractivity contribution in [1.29, 1.82) is 0 Å². The Labute approximate surface area is 180 Å². The molecule has 0 saturated heterocycles. The van der Waals surface area contributed by atoms with E-state index in [9.17, 15) is 9.59 Å². The van der Waals surface area contributed by atoms with Crippen LogP contribution in [-0.2, 0) is 22.5 Å². The fourth-order valence-corrected chi connectivity index (χ4v) is 4.11. The molecule has 0 spiro atoms. The van der Waals surface area contributed by atoms with Gasteiger partial charge in [-0.3, -0.25) is 14.2 Å². The molecule has 6 nitrogen and oxygen atoms in total. The van der Waals surface area contributed by atoms with E-state index in [4.69, 9.17) is 9.72 Å². The van der Waals surface area contributed by atoms with Gasteiger partial charge in [0.05, 0.1) is 22.8 Å². The Bertz CT molecular complexity index is 1040. The van der Waals surface area contributed by atoms with Gasteiger partial charge >= 0.3 is 0 Å². The van der Waals surface area contributed by atoms with Crippen LogP contribution in [0.1, 0.15) is 18.9 Å². The molecule has 0 fully saturated rings. The van der Waals surface area contributed by atoms with E-state index >= 15 is 0 Å². The first-order valence-electron chi connectivity index (χ1n) is 10.1. The van der Waals surface area contributed by atoms with E-state index < -0.39 is 0 Å². The van der Waals surface area contributed by atoms with Gasteiger partial charge in [-0.25, -0.2) is 4.98 Å². The summed E-state index contributed by atoms with van der Waals surface area (Å²) >= 11 is 1.31. The zero-order chi connectivity index (χ0) is 21.3. The van der Waals surface area contributed by atoms with Crippen molar-refractivity contribution < 1.29 is 9.53 Å². The summed E-state index contributed by atoms with van der Waals surface area (Å²) in [5, 5.41) is 3.63. The predicted octanol–water partition coefficient (Wildman–Crippen LogP) is 3.27. The number of fused-ring (bicyclic) bond motifs is 1. The molecule has 0 unspecified atom stereocenters. The van der Waals surface area contributed by atoms with Gasteiger partial charge in [-0.15, -0.1) is 0 Å². The van der Waals surface area contributed by atoms with E-state index in [2.05, 4.69) is 17.4 Å². The number of carbonyl (C=O) groups is 1. The number of para-hydroxylation sites is 1. The van der Waals surface area contributed by atoms with E-state index in [0.29, 0.717) is 35.8 Å². The monoisotopic (exact) mass is 425 g/mol. The van der Waals surface area contributed by atoms with Crippen LogP contribution in [0.5, 0.6) is 0 Å². The summed E-state index contributed by atoms with van der Waals surface area (Å²) in [5.41, 5.74) is 1.82. The average molecular weight is 426 g/mol. The van der Waals surface area contributed by atoms with Gasteiger partial charge in [0.1, 0.15) is 0 Å². The van der Waals surface area contributed by atoms with Gasteiger partial charge in [0.15, 0.2) is 5.16 Å². The molecule has 0 aliphatic heterocycles. The molecule has 2 aromatic carbocycles. The van der Waals surface area contributed by atoms with Crippen molar-refractivity contribution in [3.8, 4) is 0 Å². The lowest BCUT2D eigenvalue weighted by Crippen LogP contribution is -2.34. The number of amides is 1. The van der Waals surface area contributed by atoms with Crippen LogP contribution in [-0.4, -0.2) is 41.0 Å². The van der Waals surface area contributed by atoms with E-state index in [0.717, 1.165) is 12.8 Å². The predicted molar refractivity (Wildman–Crippen MR) is 121 cm³/mol. The van der Waals surface area contributed by atoms with E-state index in [1.807, 2.05) is 43.3 Å². The number of ether oxygens (including phenoxy) is 1. The molecule has 1 N–H and O–H groups in total. The molecular formula is C23H27N3O3S. The number of methoxy groups -OCH3 is 1. The quantitative estimate of drug-likeness (QED) is 0.307. The SMILES string of the molecule is COCCNC(=O)[C@H](C)Sc1nc2ccccc2c(=O)n1CCCc1ccccc1. The second-order valence-electron chi connectivity index (χ2n) is 7.00. The Hall–Kier alpha value is -2.64. The number of aryl methyl sites for hydroxylation is 1. The van der Waals surface area contributed by atoms with Crippen LogP contribution in [0, 0.1) is 0 Å². The molecule has 1 aromatic heterocycles. The fraction of sp³-hybridized carbons (Fsp3) is 0.348. The maximum atomic E-state index is 13.1. The van der Waals surface area contributed by atoms with Gasteiger partial charge in [-0.1, -0.05) is 54.2 Å². The highest BCUT2D eigenvalue weighted by molar-refractivity contribution is 8.00. The van der Waals surface area contributed by atoms with Crippen molar-refractivity contribution in [2.24, 2.45) is 0 Å². The van der Waals surface area contributed by atoms with Gasteiger partial charge in [0.2, 0.25) is 5.91 Å². The van der Waals surface area contributed by atoms with Crippen molar-refractivity contribution in [2.75, 3.05) is 20.3 Å². The van der Waals surface area contributed by atoms with E-state index in [1.165, 1.54) is 17.3 Å². The zero-order valence-electron chi connectivity index (χ0n) is 17.3. The molecule has 0 bridgehead atoms. The van der Waals surface area contributed by atoms with Crippen molar-refractivity contribution >= 4 is 28.6 Å². The van der Waals surface area contributed by atoms with Crippen LogP contribution in [0.4, 0.5) is 0 Å². The van der Waals surface area contributed by atoms with Crippen molar-refractivity contribution in [2.45, 2.75) is 36.7 Å². The number of aromatic nitrogens is 2. The summed E-state index contributed by atoms with van der Waals surface area (Å²) < 4.78 is 6.68. The second-order valence-corrected chi connectivity index (χ2v) is 8.31. The fourth-order valence-electron chi connectivity index (χ4n) is 3.15. The Balaban J connectivity index is 1.81. The van der Waals surface area contributed by atoms with Gasteiger partial charge < -0.3 is 10.1 Å². The highest BCUT2D eigenvalue weighted by Crippen LogP contribution is 2.23. The van der Waals surface area contributed by atoms with Crippen LogP contribution in [0.25, 0.3) is 10.9 Å². The third kappa shape index (κ3) is 5.70. The molecule has 30 heavy (non-hydrogen) atoms. The van der Waals surface area contributed by atoms with Crippen LogP contribution in [0.3, 0.4) is 0 Å². The van der Waals surface area contributed by atoms with Gasteiger partial charge in [0.25, 0.3) is 5.56 Å². The summed E-state index contributed by atoms with van der Waals surface area (Å²) in [6.07, 6.45) is 1.68. The van der Waals surface area contributed by atoms with Crippen LogP contribution in [0.15, 0.2) is 64.5 Å². The number of carbonyl (C=O) groups excluding carboxylic acids is 1. The average Bonchev–Trinajstić information content (AvgIpc) is 2.76. The smallest absolute Gasteiger partial charge is 0.262 e. The largest absolute Gasteiger partial charge is 0.383 e. The van der Waals surface area contributed by atoms with Crippen molar-refractivity contribution in [3.63, 3.8) is 0 Å². The number of nitrogens with zero attached hydrogens (tertiary/aromatic N) is 2. The Morgan fingerprint density at radius 2 is 1.90 bits per heavy atom. The molecule has 0 saturated carbocycles. The van der Waals surface area contributed by atoms with Crippen molar-refractivity contribution in [3.05, 3.63) is 70.5 Å². The number of hydrogen-bond donors (Lipinski definition) is 1. The van der Waals surface area contributed by atoms with Crippen LogP contribution < -0.4 is 10.9 Å². The maximum Gasteiger partial charge on any atom is 0.262 e. The van der Waals surface area contributed by atoms with Gasteiger partial charge in [0, 0.05) is 20.2 Å². The molecular weight excluding hydrogens is 398 g/mol. The number of nitrogens with one attached hydrogen (secondary N) is 1. The number of hydrogen-bond acceptors (Lipinski definition) is 5. The molecule has 3 aromatic rings. The summed E-state index contributed by atoms with van der Waals surface area (Å²) in [6.45, 7) is 3.28. The first kappa shape index (κ1) is 22.1. The lowest BCUT2D eigenvalue weighted by Gasteiger charge is -2.16. The minimum absolute atomic E-state index is 0.0665. The zero-order valence-corrected chi connectivity index (χ0v) is 18.2. The second kappa shape index (κ2) is 10.9. The molecule has 3 rings (SSSR count). The molecule has 158 valence electrons. The van der Waals surface area contributed by atoms with E-state index in [1.54, 1.807) is 17.7 Å². The minimum Gasteiger partial charge on any atom is -0.383 e. The molecule has 0 aliphatic carbocycles. The summed E-state index contributed by atoms with van der Waals surface area (Å²) in [5.74, 6) is -0.102. The standard InChI is InChI=1S/C23H27N3O3S/c1-17(21(27)24-14-16-29-2)30-23-25-20-13-7-6-12-19(20)22(28)26(23)15-8-11-18-9-4-3-5-10-18/h3-7,9-10,12-13,17H,8,11,14-16H2,1-2H3,(H,24,27)/t17-/m0/s1. The Morgan fingerprint density at radius 1 is 1.17 bits per heavy atom. The Kier molecular flexibility index (Phi) is 8.04. The summed E-state index contributed by atoms with van der Waals surface area (Å²) in [6, 6.07) is 17.5. The van der Waals surface area contributed by atoms with Crippen LogP contribution >= 0.6 is 11.8 Å². The Morgan fingerprint density at radius 3 is 2.67 bits per heavy atom. The highest BCUT2D eigenvalue weighted by Gasteiger charge is 2.19. The first-order valence-corrected chi connectivity index (χ1v) is 10.9. The third-order valence-electron chi connectivity index (χ3n) is 4.77. The summed E-state index contributed by atoms with van der Waals surface area (Å²) in [7, 11) is 1.59. The van der Waals surface area contributed by atoms with Gasteiger partial charge in [-0.2, -0.15) is 0 Å². The summed E-state index contributed by atoms with van der Waals surface area (Å²) in [4.78, 5) is 30.2. The normalized spacial score (nSPS) is 12.1. The molecule has 1 atom stereocenters. The third-order valence-corrected chi connectivity index (χ3v) is 5.86. The molecule has 0 radical (unpaired) electrons. The topological polar surface area (TPSA) is 73.2 Å². The lowest BCUT2D eigenvalue weighted by molar-refractivity contribution is -0.120. The van der Waals surface area contributed by atoms with Crippen molar-refractivity contribution in [1.82, 2.24) is 14.9 Å². The molecule has 7 heteroatoms. The first-order chi connectivity index (χ1) is 14.6.